The Hall–Kier alpha value is -2.11. The standard InChI is InChI=1S/C24H26N2OS2/c1-26(16-18-7-11-20(12-8-18)19-5-3-2-4-6-19)21-13-9-17(10-14-21)15-22-23(27)25-24(28)29-22/h7-15,19H,2-6,16H2,1H3,(H,25,27,28). The molecule has 5 heteroatoms. The van der Waals surface area contributed by atoms with Crippen LogP contribution < -0.4 is 10.2 Å². The fourth-order valence-corrected chi connectivity index (χ4v) is 5.14. The van der Waals surface area contributed by atoms with Crippen LogP contribution in [0.3, 0.4) is 0 Å². The van der Waals surface area contributed by atoms with Gasteiger partial charge in [-0.05, 0) is 53.7 Å². The van der Waals surface area contributed by atoms with Gasteiger partial charge < -0.3 is 10.2 Å². The summed E-state index contributed by atoms with van der Waals surface area (Å²) in [5.74, 6) is 0.643. The Kier molecular flexibility index (Phi) is 6.36. The highest BCUT2D eigenvalue weighted by Crippen LogP contribution is 2.32. The number of amides is 1. The summed E-state index contributed by atoms with van der Waals surface area (Å²) in [7, 11) is 2.11. The zero-order valence-electron chi connectivity index (χ0n) is 16.7. The van der Waals surface area contributed by atoms with Gasteiger partial charge in [-0.3, -0.25) is 4.79 Å². The smallest absolute Gasteiger partial charge is 0.263 e. The Morgan fingerprint density at radius 3 is 2.38 bits per heavy atom. The molecule has 1 aliphatic heterocycles. The van der Waals surface area contributed by atoms with Crippen LogP contribution in [0, 0.1) is 0 Å². The molecule has 29 heavy (non-hydrogen) atoms. The predicted molar refractivity (Wildman–Crippen MR) is 127 cm³/mol. The van der Waals surface area contributed by atoms with Crippen molar-refractivity contribution in [2.45, 2.75) is 44.6 Å². The van der Waals surface area contributed by atoms with E-state index >= 15 is 0 Å². The molecule has 1 amide bonds. The Bertz CT molecular complexity index is 913. The van der Waals surface area contributed by atoms with Gasteiger partial charge in [0.25, 0.3) is 5.91 Å². The summed E-state index contributed by atoms with van der Waals surface area (Å²) in [6.07, 6.45) is 8.71. The van der Waals surface area contributed by atoms with Gasteiger partial charge in [-0.25, -0.2) is 0 Å². The summed E-state index contributed by atoms with van der Waals surface area (Å²) in [5.41, 5.74) is 4.98. The van der Waals surface area contributed by atoms with Gasteiger partial charge in [0.05, 0.1) is 4.91 Å². The third-order valence-corrected chi connectivity index (χ3v) is 6.91. The van der Waals surface area contributed by atoms with Crippen LogP contribution in [0.25, 0.3) is 6.08 Å². The molecule has 1 heterocycles. The second-order valence-electron chi connectivity index (χ2n) is 7.88. The highest BCUT2D eigenvalue weighted by Gasteiger charge is 2.21. The van der Waals surface area contributed by atoms with Crippen molar-refractivity contribution in [3.8, 4) is 0 Å². The van der Waals surface area contributed by atoms with Crippen molar-refractivity contribution in [1.29, 1.82) is 0 Å². The summed E-state index contributed by atoms with van der Waals surface area (Å²) in [6.45, 7) is 0.873. The second kappa shape index (κ2) is 9.14. The minimum absolute atomic E-state index is 0.113. The molecule has 0 bridgehead atoms. The van der Waals surface area contributed by atoms with Gasteiger partial charge in [-0.15, -0.1) is 0 Å². The van der Waals surface area contributed by atoms with Gasteiger partial charge in [-0.1, -0.05) is 79.6 Å². The highest BCUT2D eigenvalue weighted by atomic mass is 32.2. The number of carbonyl (C=O) groups excluding carboxylic acids is 1. The first-order valence-electron chi connectivity index (χ1n) is 10.2. The van der Waals surface area contributed by atoms with E-state index < -0.39 is 0 Å². The van der Waals surface area contributed by atoms with E-state index in [1.807, 2.05) is 18.2 Å². The minimum atomic E-state index is -0.113. The maximum atomic E-state index is 11.8. The first-order chi connectivity index (χ1) is 14.1. The molecule has 0 radical (unpaired) electrons. The number of anilines is 1. The Labute approximate surface area is 182 Å². The average molecular weight is 423 g/mol. The number of nitrogens with one attached hydrogen (secondary N) is 1. The van der Waals surface area contributed by atoms with Crippen LogP contribution in [0.15, 0.2) is 53.4 Å². The van der Waals surface area contributed by atoms with Crippen molar-refractivity contribution in [3.63, 3.8) is 0 Å². The van der Waals surface area contributed by atoms with Crippen LogP contribution >= 0.6 is 24.0 Å². The molecular weight excluding hydrogens is 396 g/mol. The van der Waals surface area contributed by atoms with E-state index in [-0.39, 0.29) is 5.91 Å². The van der Waals surface area contributed by atoms with E-state index in [2.05, 4.69) is 53.7 Å². The fourth-order valence-electron chi connectivity index (χ4n) is 4.09. The van der Waals surface area contributed by atoms with Crippen LogP contribution in [-0.2, 0) is 11.3 Å². The van der Waals surface area contributed by atoms with Gasteiger partial charge >= 0.3 is 0 Å². The summed E-state index contributed by atoms with van der Waals surface area (Å²) in [5, 5.41) is 2.65. The molecule has 0 spiro atoms. The van der Waals surface area contributed by atoms with E-state index in [1.54, 1.807) is 0 Å². The molecule has 0 aromatic heterocycles. The van der Waals surface area contributed by atoms with Crippen molar-refractivity contribution >= 4 is 46.0 Å². The Morgan fingerprint density at radius 1 is 1.07 bits per heavy atom. The molecule has 2 aromatic rings. The lowest BCUT2D eigenvalue weighted by atomic mass is 9.84. The van der Waals surface area contributed by atoms with E-state index in [0.29, 0.717) is 9.23 Å². The lowest BCUT2D eigenvalue weighted by molar-refractivity contribution is -0.115. The number of benzene rings is 2. The number of thiocarbonyl (C=S) groups is 1. The largest absolute Gasteiger partial charge is 0.370 e. The molecule has 1 saturated heterocycles. The van der Waals surface area contributed by atoms with Crippen LogP contribution in [0.1, 0.15) is 54.7 Å². The number of nitrogens with zero attached hydrogens (tertiary/aromatic N) is 1. The van der Waals surface area contributed by atoms with Crippen molar-refractivity contribution in [2.75, 3.05) is 11.9 Å². The van der Waals surface area contributed by atoms with Crippen molar-refractivity contribution < 1.29 is 4.79 Å². The monoisotopic (exact) mass is 422 g/mol. The van der Waals surface area contributed by atoms with Crippen LogP contribution in [0.4, 0.5) is 5.69 Å². The summed E-state index contributed by atoms with van der Waals surface area (Å²) in [6, 6.07) is 17.5. The lowest BCUT2D eigenvalue weighted by Crippen LogP contribution is -2.17. The molecule has 3 nitrogen and oxygen atoms in total. The first kappa shape index (κ1) is 20.2. The SMILES string of the molecule is CN(Cc1ccc(C2CCCCC2)cc1)c1ccc(C=C2SC(=S)NC2=O)cc1. The maximum absolute atomic E-state index is 11.8. The summed E-state index contributed by atoms with van der Waals surface area (Å²) in [4.78, 5) is 14.7. The zero-order chi connectivity index (χ0) is 20.2. The number of hydrogen-bond donors (Lipinski definition) is 1. The third-order valence-electron chi connectivity index (χ3n) is 5.75. The van der Waals surface area contributed by atoms with E-state index in [4.69, 9.17) is 12.2 Å². The zero-order valence-corrected chi connectivity index (χ0v) is 18.3. The molecule has 1 aliphatic carbocycles. The molecule has 2 aliphatic rings. The van der Waals surface area contributed by atoms with E-state index in [9.17, 15) is 4.79 Å². The van der Waals surface area contributed by atoms with Crippen molar-refractivity contribution in [3.05, 3.63) is 70.1 Å². The Balaban J connectivity index is 1.38. The number of thioether (sulfide) groups is 1. The minimum Gasteiger partial charge on any atom is -0.370 e. The molecule has 0 atom stereocenters. The highest BCUT2D eigenvalue weighted by molar-refractivity contribution is 8.26. The lowest BCUT2D eigenvalue weighted by Gasteiger charge is -2.23. The molecule has 2 aromatic carbocycles. The van der Waals surface area contributed by atoms with Crippen molar-refractivity contribution in [2.24, 2.45) is 0 Å². The van der Waals surface area contributed by atoms with Crippen LogP contribution in [0.5, 0.6) is 0 Å². The topological polar surface area (TPSA) is 32.3 Å². The fraction of sp³-hybridized carbons (Fsp3) is 0.333. The van der Waals surface area contributed by atoms with Gasteiger partial charge in [0, 0.05) is 19.3 Å². The molecule has 2 fully saturated rings. The number of hydrogen-bond acceptors (Lipinski definition) is 4. The van der Waals surface area contributed by atoms with E-state index in [0.717, 1.165) is 23.7 Å². The predicted octanol–water partition coefficient (Wildman–Crippen LogP) is 5.86. The normalized spacial score (nSPS) is 18.9. The quantitative estimate of drug-likeness (QED) is 0.483. The number of rotatable bonds is 5. The molecule has 150 valence electrons. The summed E-state index contributed by atoms with van der Waals surface area (Å²) >= 11 is 6.35. The molecule has 4 rings (SSSR count). The second-order valence-corrected chi connectivity index (χ2v) is 9.60. The van der Waals surface area contributed by atoms with Gasteiger partial charge in [0.15, 0.2) is 0 Å². The number of carbonyl (C=O) groups is 1. The third kappa shape index (κ3) is 5.09. The van der Waals surface area contributed by atoms with E-state index in [1.165, 1.54) is 55.0 Å². The van der Waals surface area contributed by atoms with Gasteiger partial charge in [0.1, 0.15) is 4.32 Å². The maximum Gasteiger partial charge on any atom is 0.263 e. The van der Waals surface area contributed by atoms with Crippen molar-refractivity contribution in [1.82, 2.24) is 5.32 Å². The Morgan fingerprint density at radius 2 is 1.76 bits per heavy atom. The first-order valence-corrected chi connectivity index (χ1v) is 11.5. The molecule has 1 saturated carbocycles. The van der Waals surface area contributed by atoms with Gasteiger partial charge in [-0.2, -0.15) is 0 Å². The molecule has 0 unspecified atom stereocenters. The molecular formula is C24H26N2OS2. The van der Waals surface area contributed by atoms with Gasteiger partial charge in [0.2, 0.25) is 0 Å². The van der Waals surface area contributed by atoms with Crippen LogP contribution in [0.2, 0.25) is 0 Å². The summed E-state index contributed by atoms with van der Waals surface area (Å²) < 4.78 is 0.520. The van der Waals surface area contributed by atoms with Crippen LogP contribution in [-0.4, -0.2) is 17.3 Å². The average Bonchev–Trinajstić information content (AvgIpc) is 3.06. The molecule has 1 N–H and O–H groups in total.